The molecule has 1 aliphatic rings. The second-order valence-corrected chi connectivity index (χ2v) is 9.30. The molecule has 1 aliphatic carbocycles. The number of carbonyl (C=O) groups is 2. The van der Waals surface area contributed by atoms with Crippen LogP contribution in [0.3, 0.4) is 0 Å². The number of carbonyl (C=O) groups excluding carboxylic acids is 2. The number of rotatable bonds is 6. The van der Waals surface area contributed by atoms with Gasteiger partial charge in [0.1, 0.15) is 11.6 Å². The minimum atomic E-state index is -4.71. The maximum atomic E-state index is 14.2. The highest BCUT2D eigenvalue weighted by Crippen LogP contribution is 2.33. The molecule has 6 nitrogen and oxygen atoms in total. The van der Waals surface area contributed by atoms with E-state index in [-0.39, 0.29) is 17.5 Å². The van der Waals surface area contributed by atoms with Crippen molar-refractivity contribution in [1.82, 2.24) is 9.97 Å². The van der Waals surface area contributed by atoms with Crippen molar-refractivity contribution in [2.75, 3.05) is 10.6 Å². The van der Waals surface area contributed by atoms with E-state index in [9.17, 15) is 27.2 Å². The molecular formula is C29H22F4N4O2. The number of aromatic nitrogens is 2. The Kier molecular flexibility index (Phi) is 6.86. The third kappa shape index (κ3) is 5.95. The van der Waals surface area contributed by atoms with Gasteiger partial charge in [-0.05, 0) is 91.1 Å². The fourth-order valence-electron chi connectivity index (χ4n) is 4.07. The molecule has 0 radical (unpaired) electrons. The van der Waals surface area contributed by atoms with Gasteiger partial charge >= 0.3 is 6.18 Å². The second kappa shape index (κ2) is 10.3. The van der Waals surface area contributed by atoms with Crippen molar-refractivity contribution < 1.29 is 27.2 Å². The smallest absolute Gasteiger partial charge is 0.322 e. The molecule has 39 heavy (non-hydrogen) atoms. The number of alkyl halides is 3. The standard InChI is InChI=1S/C29H22F4N4O2/c1-16-2-6-21(36-28(39)23-14-20(29(31,32)33)5-7-24(23)30)15-22(16)18-8-10-34-25(12-18)19-9-11-35-26(13-19)37-27(38)17-3-4-17/h2,5-15,17H,3-4H2,1H3,(H,36,39)(H,35,37,38). The molecule has 0 spiro atoms. The van der Waals surface area contributed by atoms with E-state index in [0.29, 0.717) is 29.7 Å². The fourth-order valence-corrected chi connectivity index (χ4v) is 4.07. The van der Waals surface area contributed by atoms with E-state index in [1.165, 1.54) is 0 Å². The van der Waals surface area contributed by atoms with Gasteiger partial charge in [-0.25, -0.2) is 9.37 Å². The first-order valence-electron chi connectivity index (χ1n) is 12.1. The maximum absolute atomic E-state index is 14.2. The summed E-state index contributed by atoms with van der Waals surface area (Å²) in [6, 6.07) is 13.8. The summed E-state index contributed by atoms with van der Waals surface area (Å²) in [5.74, 6) is -1.64. The summed E-state index contributed by atoms with van der Waals surface area (Å²) in [7, 11) is 0. The Balaban J connectivity index is 1.40. The van der Waals surface area contributed by atoms with Gasteiger partial charge in [-0.3, -0.25) is 14.6 Å². The van der Waals surface area contributed by atoms with E-state index in [1.807, 2.05) is 13.0 Å². The van der Waals surface area contributed by atoms with Crippen molar-refractivity contribution >= 4 is 23.3 Å². The average Bonchev–Trinajstić information content (AvgIpc) is 3.75. The molecule has 0 aliphatic heterocycles. The molecule has 5 rings (SSSR count). The van der Waals surface area contributed by atoms with Crippen LogP contribution in [0.1, 0.15) is 34.3 Å². The molecule has 2 N–H and O–H groups in total. The molecule has 4 aromatic rings. The molecule has 0 atom stereocenters. The molecule has 0 bridgehead atoms. The summed E-state index contributed by atoms with van der Waals surface area (Å²) < 4.78 is 53.4. The molecule has 0 saturated heterocycles. The number of hydrogen-bond donors (Lipinski definition) is 2. The highest BCUT2D eigenvalue weighted by atomic mass is 19.4. The van der Waals surface area contributed by atoms with E-state index in [0.717, 1.165) is 35.1 Å². The largest absolute Gasteiger partial charge is 0.416 e. The van der Waals surface area contributed by atoms with Crippen molar-refractivity contribution in [1.29, 1.82) is 0 Å². The van der Waals surface area contributed by atoms with Gasteiger partial charge in [0.2, 0.25) is 5.91 Å². The SMILES string of the molecule is Cc1ccc(NC(=O)c2cc(C(F)(F)F)ccc2F)cc1-c1ccnc(-c2ccnc(NC(=O)C3CC3)c2)c1. The third-order valence-corrected chi connectivity index (χ3v) is 6.36. The number of hydrogen-bond acceptors (Lipinski definition) is 4. The molecule has 1 fully saturated rings. The lowest BCUT2D eigenvalue weighted by Crippen LogP contribution is -2.16. The molecule has 198 valence electrons. The number of aryl methyl sites for hydroxylation is 1. The van der Waals surface area contributed by atoms with Crippen LogP contribution in [0.2, 0.25) is 0 Å². The van der Waals surface area contributed by atoms with Crippen LogP contribution in [0.4, 0.5) is 29.1 Å². The number of nitrogens with zero attached hydrogens (tertiary/aromatic N) is 2. The van der Waals surface area contributed by atoms with Crippen LogP contribution in [0, 0.1) is 18.7 Å². The van der Waals surface area contributed by atoms with Gasteiger partial charge in [0.05, 0.1) is 16.8 Å². The van der Waals surface area contributed by atoms with Crippen LogP contribution < -0.4 is 10.6 Å². The Morgan fingerprint density at radius 3 is 2.36 bits per heavy atom. The third-order valence-electron chi connectivity index (χ3n) is 6.36. The summed E-state index contributed by atoms with van der Waals surface area (Å²) >= 11 is 0. The van der Waals surface area contributed by atoms with E-state index >= 15 is 0 Å². The molecule has 2 aromatic heterocycles. The number of halogens is 4. The van der Waals surface area contributed by atoms with E-state index in [4.69, 9.17) is 0 Å². The summed E-state index contributed by atoms with van der Waals surface area (Å²) in [5.41, 5.74) is 2.18. The van der Waals surface area contributed by atoms with Gasteiger partial charge in [-0.15, -0.1) is 0 Å². The first-order valence-corrected chi connectivity index (χ1v) is 12.1. The van der Waals surface area contributed by atoms with Gasteiger partial charge in [0.25, 0.3) is 5.91 Å². The second-order valence-electron chi connectivity index (χ2n) is 9.30. The number of pyridine rings is 2. The Morgan fingerprint density at radius 1 is 0.872 bits per heavy atom. The minimum absolute atomic E-state index is 0.0396. The van der Waals surface area contributed by atoms with Gasteiger partial charge < -0.3 is 10.6 Å². The van der Waals surface area contributed by atoms with Crippen LogP contribution in [-0.2, 0) is 11.0 Å². The van der Waals surface area contributed by atoms with Crippen LogP contribution >= 0.6 is 0 Å². The highest BCUT2D eigenvalue weighted by Gasteiger charge is 2.32. The zero-order chi connectivity index (χ0) is 27.7. The summed E-state index contributed by atoms with van der Waals surface area (Å²) in [6.45, 7) is 1.87. The lowest BCUT2D eigenvalue weighted by atomic mass is 9.99. The van der Waals surface area contributed by atoms with Crippen LogP contribution in [0.25, 0.3) is 22.4 Å². The first kappa shape index (κ1) is 26.0. The summed E-state index contributed by atoms with van der Waals surface area (Å²) in [5, 5.41) is 5.31. The number of amides is 2. The number of nitrogens with one attached hydrogen (secondary N) is 2. The zero-order valence-electron chi connectivity index (χ0n) is 20.6. The normalized spacial score (nSPS) is 13.2. The molecule has 2 aromatic carbocycles. The average molecular weight is 535 g/mol. The Labute approximate surface area is 221 Å². The van der Waals surface area contributed by atoms with Crippen LogP contribution in [0.15, 0.2) is 73.1 Å². The first-order chi connectivity index (χ1) is 18.6. The van der Waals surface area contributed by atoms with Crippen molar-refractivity contribution in [3.05, 3.63) is 95.6 Å². The van der Waals surface area contributed by atoms with Crippen molar-refractivity contribution in [2.24, 2.45) is 5.92 Å². The lowest BCUT2D eigenvalue weighted by molar-refractivity contribution is -0.137. The van der Waals surface area contributed by atoms with Crippen molar-refractivity contribution in [3.8, 4) is 22.4 Å². The van der Waals surface area contributed by atoms with Gasteiger partial charge in [-0.1, -0.05) is 6.07 Å². The Morgan fingerprint density at radius 2 is 1.62 bits per heavy atom. The maximum Gasteiger partial charge on any atom is 0.416 e. The summed E-state index contributed by atoms with van der Waals surface area (Å²) in [4.78, 5) is 33.4. The Hall–Kier alpha value is -4.60. The molecule has 10 heteroatoms. The fraction of sp³-hybridized carbons (Fsp3) is 0.172. The molecule has 2 heterocycles. The number of anilines is 2. The molecule has 1 saturated carbocycles. The topological polar surface area (TPSA) is 84.0 Å². The lowest BCUT2D eigenvalue weighted by Gasteiger charge is -2.13. The van der Waals surface area contributed by atoms with Crippen LogP contribution in [0.5, 0.6) is 0 Å². The van der Waals surface area contributed by atoms with Gasteiger partial charge in [0, 0.05) is 29.6 Å². The number of benzene rings is 2. The molecule has 0 unspecified atom stereocenters. The molecule has 2 amide bonds. The Bertz CT molecular complexity index is 1580. The predicted molar refractivity (Wildman–Crippen MR) is 138 cm³/mol. The van der Waals surface area contributed by atoms with E-state index in [2.05, 4.69) is 20.6 Å². The van der Waals surface area contributed by atoms with E-state index in [1.54, 1.807) is 48.8 Å². The minimum Gasteiger partial charge on any atom is -0.322 e. The monoisotopic (exact) mass is 534 g/mol. The predicted octanol–water partition coefficient (Wildman–Crippen LogP) is 6.88. The zero-order valence-corrected chi connectivity index (χ0v) is 20.6. The van der Waals surface area contributed by atoms with E-state index < -0.39 is 29.0 Å². The van der Waals surface area contributed by atoms with Gasteiger partial charge in [-0.2, -0.15) is 13.2 Å². The quantitative estimate of drug-likeness (QED) is 0.264. The van der Waals surface area contributed by atoms with Crippen LogP contribution in [-0.4, -0.2) is 21.8 Å². The molecular weight excluding hydrogens is 512 g/mol. The van der Waals surface area contributed by atoms with Crippen molar-refractivity contribution in [2.45, 2.75) is 25.9 Å². The highest BCUT2D eigenvalue weighted by molar-refractivity contribution is 6.05. The van der Waals surface area contributed by atoms with Crippen molar-refractivity contribution in [3.63, 3.8) is 0 Å². The summed E-state index contributed by atoms with van der Waals surface area (Å²) in [6.07, 6.45) is 0.250. The van der Waals surface area contributed by atoms with Gasteiger partial charge in [0.15, 0.2) is 0 Å².